The van der Waals surface area contributed by atoms with Gasteiger partial charge in [0, 0.05) is 0 Å². The number of ether oxygens (including phenoxy) is 3. The lowest BCUT2D eigenvalue weighted by atomic mass is 10.4. The number of hydrogen-bond donors (Lipinski definition) is 2. The number of carbonyl (C=O) groups is 4. The molecule has 0 saturated heterocycles. The number of carbonyl (C=O) groups excluding carboxylic acids is 2. The van der Waals surface area contributed by atoms with Gasteiger partial charge >= 0.3 is 24.6 Å². The fraction of sp³-hybridized carbons (Fsp3) is 0.500. The molecule has 0 aromatic rings. The van der Waals surface area contributed by atoms with E-state index < -0.39 is 24.6 Å². The summed E-state index contributed by atoms with van der Waals surface area (Å²) in [5, 5.41) is 15.6. The summed E-state index contributed by atoms with van der Waals surface area (Å²) in [6.45, 7) is 4.36. The molecule has 0 aliphatic heterocycles. The highest BCUT2D eigenvalue weighted by Crippen LogP contribution is 1.91. The number of hydrogen-bond acceptors (Lipinski definition) is 7. The lowest BCUT2D eigenvalue weighted by Crippen LogP contribution is -2.19. The smallest absolute Gasteiger partial charge is 0.449 e. The van der Waals surface area contributed by atoms with Crippen LogP contribution in [0.3, 0.4) is 0 Å². The van der Waals surface area contributed by atoms with E-state index in [9.17, 15) is 19.2 Å². The molecule has 0 fully saturated rings. The lowest BCUT2D eigenvalue weighted by molar-refractivity contribution is 0.0415. The third-order valence-corrected chi connectivity index (χ3v) is 1.01. The fourth-order valence-corrected chi connectivity index (χ4v) is 0.252. The van der Waals surface area contributed by atoms with E-state index >= 15 is 0 Å². The molecule has 98 valence electrons. The topological polar surface area (TPSA) is 136 Å². The van der Waals surface area contributed by atoms with Crippen LogP contribution in [0.4, 0.5) is 19.2 Å². The van der Waals surface area contributed by atoms with Gasteiger partial charge in [-0.2, -0.15) is 0 Å². The van der Waals surface area contributed by atoms with Gasteiger partial charge < -0.3 is 24.4 Å². The van der Waals surface area contributed by atoms with Gasteiger partial charge in [0.1, 0.15) is 0 Å². The zero-order chi connectivity index (χ0) is 13.8. The van der Waals surface area contributed by atoms with Crippen LogP contribution in [0, 0.1) is 0 Å². The Labute approximate surface area is 95.9 Å². The van der Waals surface area contributed by atoms with Gasteiger partial charge in [0.05, 0.1) is 0 Å². The molecule has 2 N–H and O–H groups in total. The summed E-state index contributed by atoms with van der Waals surface area (Å²) in [4.78, 5) is 39.5. The maximum Gasteiger partial charge on any atom is 0.528 e. The molecule has 0 aromatic heterocycles. The third kappa shape index (κ3) is 16.4. The average Bonchev–Trinajstić information content (AvgIpc) is 2.15. The molecule has 0 unspecified atom stereocenters. The molecule has 0 amide bonds. The molecular weight excluding hydrogens is 240 g/mol. The van der Waals surface area contributed by atoms with Crippen LogP contribution in [-0.4, -0.2) is 34.8 Å². The van der Waals surface area contributed by atoms with Gasteiger partial charge in [-0.1, -0.05) is 26.7 Å². The van der Waals surface area contributed by atoms with Crippen molar-refractivity contribution in [1.82, 2.24) is 0 Å². The van der Waals surface area contributed by atoms with Gasteiger partial charge in [-0.05, 0) is 0 Å². The maximum atomic E-state index is 10.1. The second kappa shape index (κ2) is 10.2. The largest absolute Gasteiger partial charge is 0.528 e. The molecule has 0 atom stereocenters. The molecule has 0 aliphatic carbocycles. The van der Waals surface area contributed by atoms with Crippen LogP contribution in [-0.2, 0) is 14.2 Å². The summed E-state index contributed by atoms with van der Waals surface area (Å²) in [7, 11) is 0. The van der Waals surface area contributed by atoms with Crippen LogP contribution in [0.1, 0.15) is 26.7 Å². The van der Waals surface area contributed by atoms with Crippen molar-refractivity contribution >= 4 is 24.6 Å². The second-order valence-electron chi connectivity index (χ2n) is 2.34. The first-order valence-electron chi connectivity index (χ1n) is 4.40. The summed E-state index contributed by atoms with van der Waals surface area (Å²) < 4.78 is 9.92. The van der Waals surface area contributed by atoms with Crippen LogP contribution >= 0.6 is 0 Å². The minimum absolute atomic E-state index is 1.32. The first-order chi connectivity index (χ1) is 7.83. The molecular formula is C8H12O9. The van der Waals surface area contributed by atoms with E-state index in [2.05, 4.69) is 28.1 Å². The van der Waals surface area contributed by atoms with E-state index in [0.29, 0.717) is 0 Å². The number of rotatable bonds is 1. The van der Waals surface area contributed by atoms with Gasteiger partial charge in [-0.25, -0.2) is 19.2 Å². The third-order valence-electron chi connectivity index (χ3n) is 1.01. The standard InChI is InChI=1S/C4H2O9.C4H10/c5-1(6)11-3(9)13-4(10)12-2(7)8;1-3-4-2/h(H,5,6)(H,7,8);3-4H2,1-2H3. The molecule has 0 spiro atoms. The van der Waals surface area contributed by atoms with Crippen LogP contribution in [0.25, 0.3) is 0 Å². The van der Waals surface area contributed by atoms with Crippen molar-refractivity contribution in [2.75, 3.05) is 0 Å². The SMILES string of the molecule is CCCC.O=C(O)OC(=O)OC(=O)OC(=O)O. The Balaban J connectivity index is 0. The fourth-order valence-electron chi connectivity index (χ4n) is 0.252. The number of carboxylic acid groups (broad SMARTS) is 2. The Morgan fingerprint density at radius 3 is 1.24 bits per heavy atom. The van der Waals surface area contributed by atoms with Gasteiger partial charge in [-0.15, -0.1) is 0 Å². The second-order valence-corrected chi connectivity index (χ2v) is 2.34. The molecule has 9 nitrogen and oxygen atoms in total. The first kappa shape index (κ1) is 17.1. The molecule has 0 saturated carbocycles. The van der Waals surface area contributed by atoms with E-state index in [1.807, 2.05) is 0 Å². The quantitative estimate of drug-likeness (QED) is 0.532. The highest BCUT2D eigenvalue weighted by atomic mass is 16.9. The van der Waals surface area contributed by atoms with Gasteiger partial charge in [0.25, 0.3) is 0 Å². The Kier molecular flexibility index (Phi) is 10.3. The maximum absolute atomic E-state index is 10.1. The zero-order valence-electron chi connectivity index (χ0n) is 9.17. The Bertz CT molecular complexity index is 255. The molecule has 0 radical (unpaired) electrons. The summed E-state index contributed by atoms with van der Waals surface area (Å²) in [6.07, 6.45) is -5.18. The minimum Gasteiger partial charge on any atom is -0.449 e. The van der Waals surface area contributed by atoms with Crippen molar-refractivity contribution < 1.29 is 43.6 Å². The minimum atomic E-state index is -2.01. The first-order valence-corrected chi connectivity index (χ1v) is 4.40. The van der Waals surface area contributed by atoms with Crippen LogP contribution in [0.15, 0.2) is 0 Å². The molecule has 0 bridgehead atoms. The van der Waals surface area contributed by atoms with Crippen LogP contribution in [0.2, 0.25) is 0 Å². The van der Waals surface area contributed by atoms with E-state index in [4.69, 9.17) is 10.2 Å². The summed E-state index contributed by atoms with van der Waals surface area (Å²) in [5.41, 5.74) is 0. The Hall–Kier alpha value is -2.32. The van der Waals surface area contributed by atoms with E-state index in [1.165, 1.54) is 12.8 Å². The highest BCUT2D eigenvalue weighted by Gasteiger charge is 2.18. The van der Waals surface area contributed by atoms with Crippen LogP contribution in [0.5, 0.6) is 0 Å². The monoisotopic (exact) mass is 252 g/mol. The van der Waals surface area contributed by atoms with Crippen molar-refractivity contribution in [2.45, 2.75) is 26.7 Å². The highest BCUT2D eigenvalue weighted by molar-refractivity contribution is 5.86. The number of unbranched alkanes of at least 4 members (excludes halogenated alkanes) is 1. The predicted octanol–water partition coefficient (Wildman–Crippen LogP) is 2.44. The zero-order valence-corrected chi connectivity index (χ0v) is 9.17. The molecule has 9 heteroatoms. The Morgan fingerprint density at radius 2 is 1.06 bits per heavy atom. The van der Waals surface area contributed by atoms with Gasteiger partial charge in [0.15, 0.2) is 0 Å². The van der Waals surface area contributed by atoms with Gasteiger partial charge in [-0.3, -0.25) is 0 Å². The summed E-state index contributed by atoms with van der Waals surface area (Å²) in [5.74, 6) is 0. The predicted molar refractivity (Wildman–Crippen MR) is 50.7 cm³/mol. The average molecular weight is 252 g/mol. The molecule has 0 heterocycles. The lowest BCUT2D eigenvalue weighted by Gasteiger charge is -1.97. The summed E-state index contributed by atoms with van der Waals surface area (Å²) in [6, 6.07) is 0. The Morgan fingerprint density at radius 1 is 0.765 bits per heavy atom. The van der Waals surface area contributed by atoms with Crippen molar-refractivity contribution in [3.63, 3.8) is 0 Å². The van der Waals surface area contributed by atoms with Gasteiger partial charge in [0.2, 0.25) is 0 Å². The van der Waals surface area contributed by atoms with E-state index in [-0.39, 0.29) is 0 Å². The molecule has 0 rings (SSSR count). The molecule has 0 aromatic carbocycles. The van der Waals surface area contributed by atoms with Crippen molar-refractivity contribution in [2.24, 2.45) is 0 Å². The van der Waals surface area contributed by atoms with Crippen molar-refractivity contribution in [3.05, 3.63) is 0 Å². The normalized spacial score (nSPS) is 8.12. The van der Waals surface area contributed by atoms with Crippen molar-refractivity contribution in [1.29, 1.82) is 0 Å². The van der Waals surface area contributed by atoms with Crippen molar-refractivity contribution in [3.8, 4) is 0 Å². The van der Waals surface area contributed by atoms with E-state index in [0.717, 1.165) is 0 Å². The van der Waals surface area contributed by atoms with Crippen LogP contribution < -0.4 is 0 Å². The summed E-state index contributed by atoms with van der Waals surface area (Å²) >= 11 is 0. The molecule has 17 heavy (non-hydrogen) atoms. The molecule has 0 aliphatic rings. The van der Waals surface area contributed by atoms with E-state index in [1.54, 1.807) is 0 Å².